The second-order valence-corrected chi connectivity index (χ2v) is 17.2. The van der Waals surface area contributed by atoms with E-state index in [0.717, 1.165) is 34.1 Å². The molecule has 4 aromatic heterocycles. The van der Waals surface area contributed by atoms with Crippen LogP contribution in [0.3, 0.4) is 0 Å². The number of fused-ring (bicyclic) bond motifs is 12. The second-order valence-electron chi connectivity index (χ2n) is 17.2. The van der Waals surface area contributed by atoms with Crippen molar-refractivity contribution < 1.29 is 0 Å². The fraction of sp³-hybridized carbons (Fsp3) is 0.0690. The molecule has 4 nitrogen and oxygen atoms in total. The monoisotopic (exact) mass is 794 g/mol. The van der Waals surface area contributed by atoms with Crippen LogP contribution in [0.25, 0.3) is 76.2 Å². The molecule has 0 aliphatic rings. The first-order valence-electron chi connectivity index (χ1n) is 21.6. The van der Waals surface area contributed by atoms with E-state index in [-0.39, 0.29) is 0 Å². The SMILES string of the molecule is Cc1ccc(N(c2ccccc2)c2ccc3c(c2)c2cccc4c5cc6c(cc5n3c24)c2cccc3c4cc(N(c5ccccc5)c5ccc(C)c(C)c5)ccc4n6c32)cc1C. The lowest BCUT2D eigenvalue weighted by Crippen LogP contribution is -2.10. The van der Waals surface area contributed by atoms with Crippen molar-refractivity contribution in [3.63, 3.8) is 0 Å². The maximum atomic E-state index is 2.52. The van der Waals surface area contributed by atoms with Crippen LogP contribution in [0.15, 0.2) is 182 Å². The summed E-state index contributed by atoms with van der Waals surface area (Å²) in [5.74, 6) is 0. The fourth-order valence-corrected chi connectivity index (χ4v) is 10.5. The van der Waals surface area contributed by atoms with Gasteiger partial charge in [0.2, 0.25) is 0 Å². The Bertz CT molecular complexity index is 3650. The average Bonchev–Trinajstić information content (AvgIpc) is 4.02. The number of aryl methyl sites for hydroxylation is 4. The first-order valence-corrected chi connectivity index (χ1v) is 21.6. The summed E-state index contributed by atoms with van der Waals surface area (Å²) in [4.78, 5) is 4.77. The minimum atomic E-state index is 1.14. The third kappa shape index (κ3) is 4.83. The molecule has 0 atom stereocenters. The molecule has 0 radical (unpaired) electrons. The molecule has 13 aromatic rings. The van der Waals surface area contributed by atoms with Crippen molar-refractivity contribution in [2.24, 2.45) is 0 Å². The summed E-state index contributed by atoms with van der Waals surface area (Å²) in [5, 5.41) is 10.2. The van der Waals surface area contributed by atoms with Crippen LogP contribution in [-0.2, 0) is 0 Å². The highest BCUT2D eigenvalue weighted by Gasteiger charge is 2.24. The zero-order valence-corrected chi connectivity index (χ0v) is 35.1. The van der Waals surface area contributed by atoms with E-state index in [2.05, 4.69) is 228 Å². The molecule has 0 N–H and O–H groups in total. The average molecular weight is 795 g/mol. The topological polar surface area (TPSA) is 15.3 Å². The molecule has 0 amide bonds. The van der Waals surface area contributed by atoms with Crippen molar-refractivity contribution >= 4 is 110 Å². The smallest absolute Gasteiger partial charge is 0.0620 e. The van der Waals surface area contributed by atoms with Gasteiger partial charge in [0.05, 0.1) is 33.1 Å². The predicted molar refractivity (Wildman–Crippen MR) is 264 cm³/mol. The third-order valence-electron chi connectivity index (χ3n) is 13.8. The summed E-state index contributed by atoms with van der Waals surface area (Å²) >= 11 is 0. The van der Waals surface area contributed by atoms with Gasteiger partial charge in [0.1, 0.15) is 0 Å². The van der Waals surface area contributed by atoms with Crippen LogP contribution in [0.4, 0.5) is 34.1 Å². The first-order chi connectivity index (χ1) is 30.4. The molecule has 62 heavy (non-hydrogen) atoms. The maximum absolute atomic E-state index is 2.52. The molecule has 0 saturated heterocycles. The van der Waals surface area contributed by atoms with Crippen LogP contribution in [0, 0.1) is 27.7 Å². The van der Waals surface area contributed by atoms with Gasteiger partial charge in [0.15, 0.2) is 0 Å². The van der Waals surface area contributed by atoms with Crippen LogP contribution < -0.4 is 9.80 Å². The van der Waals surface area contributed by atoms with Crippen molar-refractivity contribution in [3.05, 3.63) is 204 Å². The number of benzene rings is 9. The molecule has 0 aliphatic heterocycles. The highest BCUT2D eigenvalue weighted by atomic mass is 15.1. The zero-order chi connectivity index (χ0) is 41.4. The van der Waals surface area contributed by atoms with Gasteiger partial charge in [-0.1, -0.05) is 84.9 Å². The van der Waals surface area contributed by atoms with Gasteiger partial charge in [-0.05, 0) is 147 Å². The third-order valence-corrected chi connectivity index (χ3v) is 13.8. The number of hydrogen-bond acceptors (Lipinski definition) is 2. The molecule has 0 aliphatic carbocycles. The van der Waals surface area contributed by atoms with Crippen LogP contribution in [0.2, 0.25) is 0 Å². The standard InChI is InChI=1S/C58H42N4/c1-35-21-23-41(29-37(35)3)59(39-13-7-5-8-14-39)43-25-27-53-49(31-43)45-17-11-19-47-51-34-56-52(33-55(51)61(53)57(45)47)48-20-12-18-46-50-32-44(26-28-54(50)62(56)58(46)48)60(40-15-9-6-10-16-40)42-24-22-36(2)38(4)30-42/h5-34H,1-4H3. The molecule has 0 bridgehead atoms. The van der Waals surface area contributed by atoms with Gasteiger partial charge >= 0.3 is 0 Å². The summed E-state index contributed by atoms with van der Waals surface area (Å²) in [5.41, 5.74) is 19.6. The highest BCUT2D eigenvalue weighted by molar-refractivity contribution is 6.29. The van der Waals surface area contributed by atoms with Gasteiger partial charge in [-0.2, -0.15) is 0 Å². The second kappa shape index (κ2) is 12.8. The van der Waals surface area contributed by atoms with E-state index in [9.17, 15) is 0 Å². The number of para-hydroxylation sites is 4. The zero-order valence-electron chi connectivity index (χ0n) is 35.1. The van der Waals surface area contributed by atoms with Gasteiger partial charge in [0.25, 0.3) is 0 Å². The lowest BCUT2D eigenvalue weighted by atomic mass is 10.0. The molecule has 4 heteroatoms. The quantitative estimate of drug-likeness (QED) is 0.167. The molecule has 13 rings (SSSR count). The van der Waals surface area contributed by atoms with E-state index >= 15 is 0 Å². The Kier molecular flexibility index (Phi) is 7.25. The van der Waals surface area contributed by atoms with E-state index < -0.39 is 0 Å². The summed E-state index contributed by atoms with van der Waals surface area (Å²) in [7, 11) is 0. The minimum Gasteiger partial charge on any atom is -0.310 e. The van der Waals surface area contributed by atoms with Crippen LogP contribution in [0.1, 0.15) is 22.3 Å². The number of hydrogen-bond donors (Lipinski definition) is 0. The highest BCUT2D eigenvalue weighted by Crippen LogP contribution is 2.47. The van der Waals surface area contributed by atoms with Crippen molar-refractivity contribution in [2.75, 3.05) is 9.80 Å². The summed E-state index contributed by atoms with van der Waals surface area (Å²) in [6, 6.07) is 67.7. The van der Waals surface area contributed by atoms with Gasteiger partial charge in [0, 0.05) is 77.2 Å². The fourth-order valence-electron chi connectivity index (χ4n) is 10.5. The Morgan fingerprint density at radius 3 is 1.00 bits per heavy atom. The number of nitrogens with zero attached hydrogens (tertiary/aromatic N) is 4. The molecular weight excluding hydrogens is 753 g/mol. The normalized spacial score (nSPS) is 12.2. The van der Waals surface area contributed by atoms with Crippen molar-refractivity contribution in [2.45, 2.75) is 27.7 Å². The molecule has 294 valence electrons. The van der Waals surface area contributed by atoms with Gasteiger partial charge in [-0.25, -0.2) is 0 Å². The molecular formula is C58H42N4. The molecule has 4 heterocycles. The van der Waals surface area contributed by atoms with E-state index in [1.165, 1.54) is 98.4 Å². The Labute approximate surface area is 359 Å². The molecule has 0 unspecified atom stereocenters. The number of anilines is 6. The van der Waals surface area contributed by atoms with E-state index in [1.54, 1.807) is 0 Å². The summed E-state index contributed by atoms with van der Waals surface area (Å²) in [6.45, 7) is 8.76. The Morgan fingerprint density at radius 1 is 0.258 bits per heavy atom. The number of aromatic nitrogens is 2. The maximum Gasteiger partial charge on any atom is 0.0620 e. The Balaban J connectivity index is 1.02. The minimum absolute atomic E-state index is 1.14. The van der Waals surface area contributed by atoms with Gasteiger partial charge in [-0.3, -0.25) is 0 Å². The Morgan fingerprint density at radius 2 is 0.613 bits per heavy atom. The first kappa shape index (κ1) is 35.0. The number of rotatable bonds is 6. The van der Waals surface area contributed by atoms with E-state index in [4.69, 9.17) is 0 Å². The van der Waals surface area contributed by atoms with Crippen LogP contribution >= 0.6 is 0 Å². The van der Waals surface area contributed by atoms with Crippen molar-refractivity contribution in [1.82, 2.24) is 8.80 Å². The Hall–Kier alpha value is -7.82. The molecule has 0 spiro atoms. The van der Waals surface area contributed by atoms with Crippen molar-refractivity contribution in [1.29, 1.82) is 0 Å². The van der Waals surface area contributed by atoms with Crippen LogP contribution in [0.5, 0.6) is 0 Å². The van der Waals surface area contributed by atoms with E-state index in [1.807, 2.05) is 0 Å². The van der Waals surface area contributed by atoms with Gasteiger partial charge in [-0.15, -0.1) is 0 Å². The molecule has 9 aromatic carbocycles. The largest absolute Gasteiger partial charge is 0.310 e. The van der Waals surface area contributed by atoms with Crippen molar-refractivity contribution in [3.8, 4) is 0 Å². The lowest BCUT2D eigenvalue weighted by Gasteiger charge is -2.26. The lowest BCUT2D eigenvalue weighted by molar-refractivity contribution is 1.25. The predicted octanol–water partition coefficient (Wildman–Crippen LogP) is 16.2. The summed E-state index contributed by atoms with van der Waals surface area (Å²) < 4.78 is 5.04. The van der Waals surface area contributed by atoms with E-state index in [0.29, 0.717) is 0 Å². The van der Waals surface area contributed by atoms with Gasteiger partial charge < -0.3 is 18.6 Å². The molecule has 0 fully saturated rings. The molecule has 0 saturated carbocycles. The van der Waals surface area contributed by atoms with Crippen LogP contribution in [-0.4, -0.2) is 8.80 Å². The summed E-state index contributed by atoms with van der Waals surface area (Å²) in [6.07, 6.45) is 0.